The first-order chi connectivity index (χ1) is 13.2. The minimum Gasteiger partial charge on any atom is -0.493 e. The predicted octanol–water partition coefficient (Wildman–Crippen LogP) is 4.82. The van der Waals surface area contributed by atoms with E-state index < -0.39 is 6.36 Å². The molecule has 0 bridgehead atoms. The van der Waals surface area contributed by atoms with E-state index in [-0.39, 0.29) is 5.75 Å². The Balaban J connectivity index is 1.97. The van der Waals surface area contributed by atoms with E-state index in [1.807, 2.05) is 25.1 Å². The molecule has 0 unspecified atom stereocenters. The third-order valence-electron chi connectivity index (χ3n) is 3.63. The van der Waals surface area contributed by atoms with Gasteiger partial charge in [-0.25, -0.2) is 0 Å². The maximum atomic E-state index is 12.2. The van der Waals surface area contributed by atoms with Crippen LogP contribution in [0.2, 0.25) is 0 Å². The van der Waals surface area contributed by atoms with E-state index in [0.717, 1.165) is 5.56 Å². The van der Waals surface area contributed by atoms with Gasteiger partial charge in [-0.3, -0.25) is 0 Å². The molecule has 0 heterocycles. The number of nitrogens with one attached hydrogen (secondary N) is 1. The van der Waals surface area contributed by atoms with Crippen LogP contribution in [0.1, 0.15) is 12.5 Å². The molecule has 0 spiro atoms. The molecule has 0 radical (unpaired) electrons. The maximum absolute atomic E-state index is 12.2. The first-order valence-electron chi connectivity index (χ1n) is 8.39. The van der Waals surface area contributed by atoms with Crippen LogP contribution >= 0.6 is 12.2 Å². The molecule has 0 aromatic heterocycles. The molecule has 2 aromatic rings. The van der Waals surface area contributed by atoms with Crippen molar-refractivity contribution < 1.29 is 27.4 Å². The van der Waals surface area contributed by atoms with Crippen LogP contribution in [0, 0.1) is 0 Å². The van der Waals surface area contributed by atoms with Gasteiger partial charge in [0.25, 0.3) is 0 Å². The molecule has 0 saturated heterocycles. The summed E-state index contributed by atoms with van der Waals surface area (Å²) in [5.41, 5.74) is 1.51. The minimum atomic E-state index is -4.72. The summed E-state index contributed by atoms with van der Waals surface area (Å²) < 4.78 is 51.3. The molecule has 0 saturated carbocycles. The van der Waals surface area contributed by atoms with Gasteiger partial charge in [-0.05, 0) is 61.1 Å². The van der Waals surface area contributed by atoms with Crippen molar-refractivity contribution in [1.29, 1.82) is 0 Å². The number of benzene rings is 2. The van der Waals surface area contributed by atoms with E-state index >= 15 is 0 Å². The SMILES string of the molecule is CCOc1ccc(CN(C)C(=S)Nc2ccc(OC(F)(F)F)cc2)cc1OC. The van der Waals surface area contributed by atoms with Crippen molar-refractivity contribution in [1.82, 2.24) is 4.90 Å². The fourth-order valence-electron chi connectivity index (χ4n) is 2.39. The average molecular weight is 414 g/mol. The first kappa shape index (κ1) is 21.6. The van der Waals surface area contributed by atoms with Crippen LogP contribution in [0.25, 0.3) is 0 Å². The molecule has 1 N–H and O–H groups in total. The van der Waals surface area contributed by atoms with Gasteiger partial charge >= 0.3 is 6.36 Å². The fourth-order valence-corrected chi connectivity index (χ4v) is 2.57. The molecule has 152 valence electrons. The van der Waals surface area contributed by atoms with Crippen molar-refractivity contribution in [2.45, 2.75) is 19.8 Å². The topological polar surface area (TPSA) is 43.0 Å². The average Bonchev–Trinajstić information content (AvgIpc) is 2.63. The Bertz CT molecular complexity index is 798. The van der Waals surface area contributed by atoms with E-state index in [4.69, 9.17) is 21.7 Å². The molecule has 2 aromatic carbocycles. The van der Waals surface area contributed by atoms with Crippen LogP contribution in [0.3, 0.4) is 0 Å². The molecule has 0 aliphatic carbocycles. The molecular formula is C19H21F3N2O3S. The highest BCUT2D eigenvalue weighted by molar-refractivity contribution is 7.80. The van der Waals surface area contributed by atoms with Crippen molar-refractivity contribution in [2.75, 3.05) is 26.1 Å². The number of anilines is 1. The molecule has 0 amide bonds. The summed E-state index contributed by atoms with van der Waals surface area (Å²) in [5.74, 6) is 1.00. The number of methoxy groups -OCH3 is 1. The summed E-state index contributed by atoms with van der Waals surface area (Å²) in [6, 6.07) is 11.0. The van der Waals surface area contributed by atoms with Crippen LogP contribution in [-0.2, 0) is 6.54 Å². The zero-order chi connectivity index (χ0) is 20.7. The fraction of sp³-hybridized carbons (Fsp3) is 0.316. The molecule has 9 heteroatoms. The van der Waals surface area contributed by atoms with Gasteiger partial charge < -0.3 is 24.4 Å². The highest BCUT2D eigenvalue weighted by Gasteiger charge is 2.30. The maximum Gasteiger partial charge on any atom is 0.573 e. The van der Waals surface area contributed by atoms with Crippen LogP contribution in [-0.4, -0.2) is 37.1 Å². The first-order valence-corrected chi connectivity index (χ1v) is 8.80. The van der Waals surface area contributed by atoms with Crippen LogP contribution < -0.4 is 19.5 Å². The second-order valence-electron chi connectivity index (χ2n) is 5.78. The van der Waals surface area contributed by atoms with Gasteiger partial charge in [0.2, 0.25) is 0 Å². The number of hydrogen-bond donors (Lipinski definition) is 1. The van der Waals surface area contributed by atoms with Gasteiger partial charge in [-0.15, -0.1) is 13.2 Å². The van der Waals surface area contributed by atoms with E-state index in [1.165, 1.54) is 24.3 Å². The molecule has 5 nitrogen and oxygen atoms in total. The Kier molecular flexibility index (Phi) is 7.33. The number of alkyl halides is 3. The summed E-state index contributed by atoms with van der Waals surface area (Å²) in [6.45, 7) is 2.94. The van der Waals surface area contributed by atoms with E-state index in [9.17, 15) is 13.2 Å². The smallest absolute Gasteiger partial charge is 0.493 e. The van der Waals surface area contributed by atoms with E-state index in [0.29, 0.717) is 35.5 Å². The molecule has 0 aliphatic heterocycles. The van der Waals surface area contributed by atoms with Gasteiger partial charge in [0, 0.05) is 19.3 Å². The third kappa shape index (κ3) is 6.49. The largest absolute Gasteiger partial charge is 0.573 e. The lowest BCUT2D eigenvalue weighted by Gasteiger charge is -2.22. The Labute approximate surface area is 167 Å². The second-order valence-corrected chi connectivity index (χ2v) is 6.16. The van der Waals surface area contributed by atoms with Crippen molar-refractivity contribution in [3.8, 4) is 17.2 Å². The molecule has 0 atom stereocenters. The van der Waals surface area contributed by atoms with Gasteiger partial charge in [0.05, 0.1) is 13.7 Å². The van der Waals surface area contributed by atoms with Crippen LogP contribution in [0.5, 0.6) is 17.2 Å². The van der Waals surface area contributed by atoms with Gasteiger partial charge in [-0.2, -0.15) is 0 Å². The van der Waals surface area contributed by atoms with Crippen LogP contribution in [0.4, 0.5) is 18.9 Å². The van der Waals surface area contributed by atoms with Gasteiger partial charge in [-0.1, -0.05) is 6.07 Å². The highest BCUT2D eigenvalue weighted by atomic mass is 32.1. The lowest BCUT2D eigenvalue weighted by Crippen LogP contribution is -2.30. The number of ether oxygens (including phenoxy) is 3. The van der Waals surface area contributed by atoms with Gasteiger partial charge in [0.1, 0.15) is 5.75 Å². The highest BCUT2D eigenvalue weighted by Crippen LogP contribution is 2.28. The number of rotatable bonds is 7. The summed E-state index contributed by atoms with van der Waals surface area (Å²) in [5, 5.41) is 3.39. The lowest BCUT2D eigenvalue weighted by molar-refractivity contribution is -0.274. The number of halogens is 3. The van der Waals surface area contributed by atoms with Gasteiger partial charge in [0.15, 0.2) is 16.6 Å². The van der Waals surface area contributed by atoms with Crippen molar-refractivity contribution >= 4 is 23.0 Å². The Hall–Kier alpha value is -2.68. The molecule has 0 fully saturated rings. The Morgan fingerprint density at radius 3 is 2.36 bits per heavy atom. The third-order valence-corrected chi connectivity index (χ3v) is 4.05. The zero-order valence-electron chi connectivity index (χ0n) is 15.7. The second kappa shape index (κ2) is 9.50. The normalized spacial score (nSPS) is 10.9. The molecular weight excluding hydrogens is 393 g/mol. The number of thiocarbonyl (C=S) groups is 1. The molecule has 0 aliphatic rings. The summed E-state index contributed by atoms with van der Waals surface area (Å²) in [6.07, 6.45) is -4.72. The lowest BCUT2D eigenvalue weighted by atomic mass is 10.2. The summed E-state index contributed by atoms with van der Waals surface area (Å²) in [4.78, 5) is 1.80. The standard InChI is InChI=1S/C19H21F3N2O3S/c1-4-26-16-10-5-13(11-17(16)25-3)12-24(2)18(28)23-14-6-8-15(9-7-14)27-19(20,21)22/h5-11H,4,12H2,1-3H3,(H,23,28). The van der Waals surface area contributed by atoms with Crippen LogP contribution in [0.15, 0.2) is 42.5 Å². The van der Waals surface area contributed by atoms with E-state index in [2.05, 4.69) is 10.1 Å². The molecule has 2 rings (SSSR count). The summed E-state index contributed by atoms with van der Waals surface area (Å²) >= 11 is 5.35. The van der Waals surface area contributed by atoms with Crippen molar-refractivity contribution in [3.63, 3.8) is 0 Å². The molecule has 28 heavy (non-hydrogen) atoms. The minimum absolute atomic E-state index is 0.293. The van der Waals surface area contributed by atoms with E-state index in [1.54, 1.807) is 19.1 Å². The summed E-state index contributed by atoms with van der Waals surface area (Å²) in [7, 11) is 3.38. The number of nitrogens with zero attached hydrogens (tertiary/aromatic N) is 1. The Morgan fingerprint density at radius 2 is 1.79 bits per heavy atom. The quantitative estimate of drug-likeness (QED) is 0.656. The van der Waals surface area contributed by atoms with Crippen molar-refractivity contribution in [3.05, 3.63) is 48.0 Å². The number of hydrogen-bond acceptors (Lipinski definition) is 4. The Morgan fingerprint density at radius 1 is 1.11 bits per heavy atom. The predicted molar refractivity (Wildman–Crippen MR) is 105 cm³/mol. The monoisotopic (exact) mass is 414 g/mol. The van der Waals surface area contributed by atoms with Crippen molar-refractivity contribution in [2.24, 2.45) is 0 Å². The zero-order valence-corrected chi connectivity index (χ0v) is 16.5.